The van der Waals surface area contributed by atoms with Crippen molar-refractivity contribution in [1.29, 1.82) is 0 Å². The maximum absolute atomic E-state index is 2.34. The first kappa shape index (κ1) is 7.48. The second-order valence-electron chi connectivity index (χ2n) is 3.38. The van der Waals surface area contributed by atoms with Gasteiger partial charge in [-0.3, -0.25) is 0 Å². The quantitative estimate of drug-likeness (QED) is 0.531. The molecular weight excluding hydrogens is 152 g/mol. The van der Waals surface area contributed by atoms with Crippen LogP contribution < -0.4 is 0 Å². The van der Waals surface area contributed by atoms with Gasteiger partial charge in [-0.15, -0.1) is 11.8 Å². The predicted molar refractivity (Wildman–Crippen MR) is 51.6 cm³/mol. The summed E-state index contributed by atoms with van der Waals surface area (Å²) in [4.78, 5) is 1.68. The summed E-state index contributed by atoms with van der Waals surface area (Å²) < 4.78 is 0. The Kier molecular flexibility index (Phi) is 2.08. The van der Waals surface area contributed by atoms with E-state index in [1.807, 2.05) is 0 Å². The van der Waals surface area contributed by atoms with Crippen molar-refractivity contribution < 1.29 is 0 Å². The number of hydrogen-bond acceptors (Lipinski definition) is 1. The third-order valence-electron chi connectivity index (χ3n) is 2.42. The van der Waals surface area contributed by atoms with Crippen molar-refractivity contribution in [2.75, 3.05) is 5.75 Å². The minimum absolute atomic E-state index is 0.806. The lowest BCUT2D eigenvalue weighted by atomic mass is 9.95. The third-order valence-corrected chi connectivity index (χ3v) is 3.89. The summed E-state index contributed by atoms with van der Waals surface area (Å²) in [5.74, 6) is 2.15. The minimum atomic E-state index is 0.806. The Morgan fingerprint density at radius 3 is 3.27 bits per heavy atom. The Labute approximate surface area is 72.8 Å². The first-order valence-corrected chi connectivity index (χ1v) is 5.39. The van der Waals surface area contributed by atoms with Crippen molar-refractivity contribution in [3.05, 3.63) is 22.6 Å². The smallest absolute Gasteiger partial charge is 0.00199 e. The summed E-state index contributed by atoms with van der Waals surface area (Å²) in [5, 5.41) is 0. The maximum atomic E-state index is 2.34. The lowest BCUT2D eigenvalue weighted by molar-refractivity contribution is 0.699. The molecule has 11 heavy (non-hydrogen) atoms. The van der Waals surface area contributed by atoms with Gasteiger partial charge in [-0.1, -0.05) is 19.1 Å². The molecule has 0 spiro atoms. The van der Waals surface area contributed by atoms with Gasteiger partial charge in [0.25, 0.3) is 0 Å². The van der Waals surface area contributed by atoms with Crippen LogP contribution in [0.3, 0.4) is 0 Å². The number of rotatable bonds is 0. The lowest BCUT2D eigenvalue weighted by Gasteiger charge is -2.25. The molecule has 1 heteroatoms. The van der Waals surface area contributed by atoms with Crippen LogP contribution >= 0.6 is 11.8 Å². The zero-order valence-corrected chi connectivity index (χ0v) is 7.79. The Hall–Kier alpha value is -0.170. The molecule has 2 rings (SSSR count). The number of allylic oxidation sites excluding steroid dienone is 4. The van der Waals surface area contributed by atoms with Crippen LogP contribution in [0.4, 0.5) is 0 Å². The van der Waals surface area contributed by atoms with Gasteiger partial charge in [0.1, 0.15) is 0 Å². The molecule has 0 aromatic heterocycles. The van der Waals surface area contributed by atoms with Crippen molar-refractivity contribution in [2.24, 2.45) is 5.92 Å². The average Bonchev–Trinajstić information content (AvgIpc) is 2.06. The molecule has 0 aromatic rings. The summed E-state index contributed by atoms with van der Waals surface area (Å²) >= 11 is 2.08. The molecule has 0 aromatic carbocycles. The minimum Gasteiger partial charge on any atom is -0.130 e. The van der Waals surface area contributed by atoms with Crippen LogP contribution in [0.25, 0.3) is 0 Å². The second-order valence-corrected chi connectivity index (χ2v) is 4.52. The molecule has 2 aliphatic rings. The average molecular weight is 166 g/mol. The second kappa shape index (κ2) is 3.06. The highest BCUT2D eigenvalue weighted by molar-refractivity contribution is 8.03. The van der Waals surface area contributed by atoms with Crippen LogP contribution in [-0.4, -0.2) is 5.75 Å². The van der Waals surface area contributed by atoms with Gasteiger partial charge in [-0.2, -0.15) is 0 Å². The molecule has 1 unspecified atom stereocenters. The molecule has 1 aliphatic heterocycles. The molecule has 1 heterocycles. The summed E-state index contributed by atoms with van der Waals surface area (Å²) in [6.45, 7) is 2.34. The van der Waals surface area contributed by atoms with Crippen LogP contribution in [0.15, 0.2) is 22.6 Å². The van der Waals surface area contributed by atoms with E-state index < -0.39 is 0 Å². The Balaban J connectivity index is 2.27. The van der Waals surface area contributed by atoms with E-state index in [0.717, 1.165) is 5.92 Å². The van der Waals surface area contributed by atoms with Gasteiger partial charge in [0, 0.05) is 0 Å². The van der Waals surface area contributed by atoms with Gasteiger partial charge in [0.05, 0.1) is 0 Å². The van der Waals surface area contributed by atoms with Crippen molar-refractivity contribution in [2.45, 2.75) is 26.2 Å². The Morgan fingerprint density at radius 2 is 2.45 bits per heavy atom. The van der Waals surface area contributed by atoms with Crippen LogP contribution in [0.1, 0.15) is 26.2 Å². The fraction of sp³-hybridized carbons (Fsp3) is 0.600. The highest BCUT2D eigenvalue weighted by Gasteiger charge is 2.18. The Morgan fingerprint density at radius 1 is 1.55 bits per heavy atom. The third kappa shape index (κ3) is 1.39. The molecule has 0 saturated carbocycles. The topological polar surface area (TPSA) is 0 Å². The van der Waals surface area contributed by atoms with Crippen molar-refractivity contribution in [1.82, 2.24) is 0 Å². The van der Waals surface area contributed by atoms with E-state index in [1.54, 1.807) is 10.5 Å². The SMILES string of the molecule is CC1CC=CC2=C1SCCC2. The summed E-state index contributed by atoms with van der Waals surface area (Å²) in [6, 6.07) is 0. The van der Waals surface area contributed by atoms with Crippen molar-refractivity contribution in [3.63, 3.8) is 0 Å². The van der Waals surface area contributed by atoms with Crippen LogP contribution in [0, 0.1) is 5.92 Å². The standard InChI is InChI=1S/C10H14S/c1-8-4-2-5-9-6-3-7-11-10(8)9/h2,5,8H,3-4,6-7H2,1H3. The van der Waals surface area contributed by atoms with Crippen molar-refractivity contribution >= 4 is 11.8 Å². The molecule has 0 amide bonds. The molecule has 1 aliphatic carbocycles. The van der Waals surface area contributed by atoms with Crippen LogP contribution in [0.2, 0.25) is 0 Å². The van der Waals surface area contributed by atoms with E-state index in [2.05, 4.69) is 30.8 Å². The summed E-state index contributed by atoms with van der Waals surface area (Å²) in [5.41, 5.74) is 1.63. The van der Waals surface area contributed by atoms with Crippen LogP contribution in [-0.2, 0) is 0 Å². The largest absolute Gasteiger partial charge is 0.130 e. The molecule has 60 valence electrons. The van der Waals surface area contributed by atoms with E-state index in [4.69, 9.17) is 0 Å². The zero-order valence-electron chi connectivity index (χ0n) is 6.97. The van der Waals surface area contributed by atoms with Gasteiger partial charge in [-0.05, 0) is 41.4 Å². The zero-order chi connectivity index (χ0) is 7.68. The fourth-order valence-corrected chi connectivity index (χ4v) is 3.05. The monoisotopic (exact) mass is 166 g/mol. The molecule has 0 nitrogen and oxygen atoms in total. The number of thioether (sulfide) groups is 1. The molecular formula is C10H14S. The normalized spacial score (nSPS) is 30.5. The highest BCUT2D eigenvalue weighted by Crippen LogP contribution is 2.39. The van der Waals surface area contributed by atoms with Gasteiger partial charge in [-0.25, -0.2) is 0 Å². The van der Waals surface area contributed by atoms with Gasteiger partial charge >= 0.3 is 0 Å². The molecule has 1 atom stereocenters. The van der Waals surface area contributed by atoms with E-state index >= 15 is 0 Å². The van der Waals surface area contributed by atoms with Gasteiger partial charge in [0.2, 0.25) is 0 Å². The molecule has 0 fully saturated rings. The van der Waals surface area contributed by atoms with E-state index in [-0.39, 0.29) is 0 Å². The van der Waals surface area contributed by atoms with Crippen LogP contribution in [0.5, 0.6) is 0 Å². The van der Waals surface area contributed by atoms with E-state index in [0.29, 0.717) is 0 Å². The van der Waals surface area contributed by atoms with Gasteiger partial charge < -0.3 is 0 Å². The molecule has 0 saturated heterocycles. The molecule has 0 N–H and O–H groups in total. The first-order chi connectivity index (χ1) is 5.38. The predicted octanol–water partition coefficient (Wildman–Crippen LogP) is 3.36. The number of hydrogen-bond donors (Lipinski definition) is 0. The first-order valence-electron chi connectivity index (χ1n) is 4.40. The lowest BCUT2D eigenvalue weighted by Crippen LogP contribution is -2.07. The van der Waals surface area contributed by atoms with Gasteiger partial charge in [0.15, 0.2) is 0 Å². The van der Waals surface area contributed by atoms with E-state index in [1.165, 1.54) is 25.0 Å². The highest BCUT2D eigenvalue weighted by atomic mass is 32.2. The maximum Gasteiger partial charge on any atom is -0.00199 e. The van der Waals surface area contributed by atoms with E-state index in [9.17, 15) is 0 Å². The summed E-state index contributed by atoms with van der Waals surface area (Å²) in [6.07, 6.45) is 8.62. The molecule has 0 radical (unpaired) electrons. The summed E-state index contributed by atoms with van der Waals surface area (Å²) in [7, 11) is 0. The molecule has 0 bridgehead atoms. The Bertz CT molecular complexity index is 213. The van der Waals surface area contributed by atoms with Crippen molar-refractivity contribution in [3.8, 4) is 0 Å². The fourth-order valence-electron chi connectivity index (χ4n) is 1.81.